The molecule has 0 bridgehead atoms. The van der Waals surface area contributed by atoms with Crippen LogP contribution in [-0.4, -0.2) is 28.2 Å². The summed E-state index contributed by atoms with van der Waals surface area (Å²) in [5.41, 5.74) is 8.83. The van der Waals surface area contributed by atoms with E-state index >= 15 is 0 Å². The maximum Gasteiger partial charge on any atom is 0.417 e. The van der Waals surface area contributed by atoms with Crippen LogP contribution in [-0.2, 0) is 23.2 Å². The number of benzene rings is 2. The first-order valence-electron chi connectivity index (χ1n) is 11.7. The van der Waals surface area contributed by atoms with Gasteiger partial charge in [-0.15, -0.1) is 0 Å². The van der Waals surface area contributed by atoms with E-state index in [1.165, 1.54) is 6.20 Å². The number of anilines is 1. The van der Waals surface area contributed by atoms with Gasteiger partial charge >= 0.3 is 6.18 Å². The monoisotopic (exact) mass is 572 g/mol. The minimum absolute atomic E-state index is 0.0189. The van der Waals surface area contributed by atoms with Crippen LogP contribution < -0.4 is 10.5 Å². The van der Waals surface area contributed by atoms with Gasteiger partial charge in [-0.05, 0) is 54.3 Å². The number of alkyl halides is 3. The number of aromatic nitrogens is 4. The number of nitrogens with two attached hydrogens (primary N) is 1. The SMILES string of the molecule is Cc1nn(C)c(C)c1C1=Cc2ccccc2C1NS(=O)(=O)c1cc(-c2cnc(N)[nH]c2=S)ccc1C(F)(F)F. The summed E-state index contributed by atoms with van der Waals surface area (Å²) in [4.78, 5) is 5.60. The van der Waals surface area contributed by atoms with Crippen LogP contribution >= 0.6 is 12.2 Å². The molecule has 202 valence electrons. The fourth-order valence-corrected chi connectivity index (χ4v) is 6.56. The van der Waals surface area contributed by atoms with Gasteiger partial charge in [0.2, 0.25) is 10.0 Å². The van der Waals surface area contributed by atoms with Crippen molar-refractivity contribution in [2.24, 2.45) is 7.05 Å². The van der Waals surface area contributed by atoms with Crippen molar-refractivity contribution in [1.82, 2.24) is 24.5 Å². The molecule has 1 aliphatic carbocycles. The number of halogens is 3. The summed E-state index contributed by atoms with van der Waals surface area (Å²) >= 11 is 5.24. The number of hydrogen-bond donors (Lipinski definition) is 3. The molecule has 0 fully saturated rings. The molecule has 0 saturated heterocycles. The highest BCUT2D eigenvalue weighted by Crippen LogP contribution is 2.44. The lowest BCUT2D eigenvalue weighted by molar-refractivity contribution is -0.139. The fraction of sp³-hybridized carbons (Fsp3) is 0.192. The van der Waals surface area contributed by atoms with Gasteiger partial charge in [-0.25, -0.2) is 13.4 Å². The second-order valence-electron chi connectivity index (χ2n) is 9.17. The van der Waals surface area contributed by atoms with Gasteiger partial charge in [0, 0.05) is 30.1 Å². The first kappa shape index (κ1) is 26.8. The molecule has 2 aromatic heterocycles. The van der Waals surface area contributed by atoms with Crippen molar-refractivity contribution in [3.63, 3.8) is 0 Å². The summed E-state index contributed by atoms with van der Waals surface area (Å²) in [6, 6.07) is 9.00. The van der Waals surface area contributed by atoms with E-state index in [1.54, 1.807) is 30.8 Å². The van der Waals surface area contributed by atoms with Gasteiger partial charge < -0.3 is 10.7 Å². The Labute approximate surface area is 227 Å². The van der Waals surface area contributed by atoms with E-state index in [2.05, 4.69) is 19.8 Å². The Bertz CT molecular complexity index is 1820. The van der Waals surface area contributed by atoms with Crippen LogP contribution in [0.15, 0.2) is 53.6 Å². The Morgan fingerprint density at radius 1 is 1.15 bits per heavy atom. The van der Waals surface area contributed by atoms with Crippen LogP contribution in [0, 0.1) is 18.5 Å². The largest absolute Gasteiger partial charge is 0.417 e. The molecule has 5 rings (SSSR count). The molecular weight excluding hydrogens is 549 g/mol. The van der Waals surface area contributed by atoms with Gasteiger partial charge in [0.15, 0.2) is 5.95 Å². The minimum atomic E-state index is -4.94. The third-order valence-corrected chi connectivity index (χ3v) is 8.49. The van der Waals surface area contributed by atoms with Crippen molar-refractivity contribution < 1.29 is 21.6 Å². The van der Waals surface area contributed by atoms with Crippen molar-refractivity contribution in [2.75, 3.05) is 5.73 Å². The van der Waals surface area contributed by atoms with Crippen molar-refractivity contribution in [1.29, 1.82) is 0 Å². The summed E-state index contributed by atoms with van der Waals surface area (Å²) in [6.45, 7) is 3.65. The molecule has 0 saturated carbocycles. The highest BCUT2D eigenvalue weighted by atomic mass is 32.2. The average molecular weight is 573 g/mol. The van der Waals surface area contributed by atoms with E-state index in [1.807, 2.05) is 25.1 Å². The Balaban J connectivity index is 1.66. The van der Waals surface area contributed by atoms with Crippen LogP contribution in [0.25, 0.3) is 22.8 Å². The number of hydrogen-bond acceptors (Lipinski definition) is 6. The molecule has 2 aromatic carbocycles. The standard InChI is InChI=1S/C26H23F3N6O2S2/c1-13-22(14(2)35(3)33-13)18-10-15-6-4-5-7-17(15)23(18)34-39(36,37)21-11-16(8-9-20(21)26(27,28)29)19-12-31-25(30)32-24(19)38/h4-12,23,34H,1-3H3,(H3,30,31,32,38). The number of H-pyrrole nitrogens is 1. The first-order chi connectivity index (χ1) is 18.3. The number of rotatable bonds is 5. The number of nitrogens with zero attached hydrogens (tertiary/aromatic N) is 3. The summed E-state index contributed by atoms with van der Waals surface area (Å²) < 4.78 is 74.2. The van der Waals surface area contributed by atoms with E-state index in [0.717, 1.165) is 35.0 Å². The highest BCUT2D eigenvalue weighted by molar-refractivity contribution is 7.89. The van der Waals surface area contributed by atoms with Gasteiger partial charge in [0.25, 0.3) is 0 Å². The van der Waals surface area contributed by atoms with E-state index in [9.17, 15) is 21.6 Å². The minimum Gasteiger partial charge on any atom is -0.369 e. The van der Waals surface area contributed by atoms with Crippen LogP contribution in [0.2, 0.25) is 0 Å². The quantitative estimate of drug-likeness (QED) is 0.278. The van der Waals surface area contributed by atoms with E-state index < -0.39 is 32.7 Å². The van der Waals surface area contributed by atoms with Crippen LogP contribution in [0.3, 0.4) is 0 Å². The van der Waals surface area contributed by atoms with Gasteiger partial charge in [0.1, 0.15) is 4.64 Å². The molecule has 4 aromatic rings. The predicted molar refractivity (Wildman–Crippen MR) is 144 cm³/mol. The summed E-state index contributed by atoms with van der Waals surface area (Å²) in [7, 11) is -2.97. The van der Waals surface area contributed by atoms with Crippen molar-refractivity contribution in [2.45, 2.75) is 31.0 Å². The lowest BCUT2D eigenvalue weighted by atomic mass is 9.97. The number of aryl methyl sites for hydroxylation is 2. The Kier molecular flexibility index (Phi) is 6.48. The topological polar surface area (TPSA) is 119 Å². The number of fused-ring (bicyclic) bond motifs is 1. The molecule has 1 atom stereocenters. The van der Waals surface area contributed by atoms with Crippen molar-refractivity contribution in [3.8, 4) is 11.1 Å². The summed E-state index contributed by atoms with van der Waals surface area (Å²) in [5.74, 6) is 0.0189. The Morgan fingerprint density at radius 3 is 2.51 bits per heavy atom. The molecule has 0 spiro atoms. The zero-order valence-electron chi connectivity index (χ0n) is 21.0. The molecule has 0 aliphatic heterocycles. The number of aromatic amines is 1. The molecule has 1 unspecified atom stereocenters. The molecule has 2 heterocycles. The molecule has 0 amide bonds. The number of nitrogen functional groups attached to an aromatic ring is 1. The molecule has 4 N–H and O–H groups in total. The lowest BCUT2D eigenvalue weighted by Crippen LogP contribution is -2.30. The van der Waals surface area contributed by atoms with Gasteiger partial charge in [-0.3, -0.25) is 4.68 Å². The zero-order valence-corrected chi connectivity index (χ0v) is 22.6. The second-order valence-corrected chi connectivity index (χ2v) is 11.3. The molecular formula is C26H23F3N6O2S2. The van der Waals surface area contributed by atoms with E-state index in [0.29, 0.717) is 16.8 Å². The predicted octanol–water partition coefficient (Wildman–Crippen LogP) is 5.33. The van der Waals surface area contributed by atoms with Gasteiger partial charge in [-0.1, -0.05) is 42.5 Å². The summed E-state index contributed by atoms with van der Waals surface area (Å²) in [6.07, 6.45) is -1.82. The molecule has 1 aliphatic rings. The van der Waals surface area contributed by atoms with Crippen molar-refractivity contribution >= 4 is 39.8 Å². The Morgan fingerprint density at radius 2 is 1.87 bits per heavy atom. The zero-order chi connectivity index (χ0) is 28.3. The molecule has 13 heteroatoms. The lowest BCUT2D eigenvalue weighted by Gasteiger charge is -2.21. The molecule has 39 heavy (non-hydrogen) atoms. The van der Waals surface area contributed by atoms with Crippen molar-refractivity contribution in [3.05, 3.63) is 86.9 Å². The van der Waals surface area contributed by atoms with Crippen LogP contribution in [0.5, 0.6) is 0 Å². The second kappa shape index (κ2) is 9.43. The van der Waals surface area contributed by atoms with Gasteiger partial charge in [0.05, 0.1) is 22.2 Å². The average Bonchev–Trinajstić information content (AvgIpc) is 3.32. The fourth-order valence-electron chi connectivity index (χ4n) is 4.84. The van der Waals surface area contributed by atoms with Crippen LogP contribution in [0.1, 0.15) is 39.7 Å². The number of sulfonamides is 1. The third-order valence-electron chi connectivity index (χ3n) is 6.71. The summed E-state index contributed by atoms with van der Waals surface area (Å²) in [5, 5.41) is 4.44. The Hall–Kier alpha value is -3.81. The normalized spacial score (nSPS) is 15.3. The molecule has 0 radical (unpaired) electrons. The maximum absolute atomic E-state index is 14.1. The number of nitrogens with one attached hydrogen (secondary N) is 2. The van der Waals surface area contributed by atoms with E-state index in [-0.39, 0.29) is 21.7 Å². The van der Waals surface area contributed by atoms with E-state index in [4.69, 9.17) is 18.0 Å². The highest BCUT2D eigenvalue weighted by Gasteiger charge is 2.40. The third kappa shape index (κ3) is 4.77. The maximum atomic E-state index is 14.1. The first-order valence-corrected chi connectivity index (χ1v) is 13.6. The van der Waals surface area contributed by atoms with Crippen LogP contribution in [0.4, 0.5) is 19.1 Å². The smallest absolute Gasteiger partial charge is 0.369 e. The van der Waals surface area contributed by atoms with Gasteiger partial charge in [-0.2, -0.15) is 23.0 Å². The molecule has 8 nitrogen and oxygen atoms in total.